The summed E-state index contributed by atoms with van der Waals surface area (Å²) >= 11 is 0. The van der Waals surface area contributed by atoms with Crippen molar-refractivity contribution >= 4 is 78.0 Å². The van der Waals surface area contributed by atoms with Crippen molar-refractivity contribution in [1.82, 2.24) is 0 Å². The highest BCUT2D eigenvalue weighted by Gasteiger charge is 2.19. The Bertz CT molecular complexity index is 2510. The minimum Gasteiger partial charge on any atom is -0.456 e. The highest BCUT2D eigenvalue weighted by Crippen LogP contribution is 2.42. The molecule has 0 aliphatic rings. The van der Waals surface area contributed by atoms with Gasteiger partial charge < -0.3 is 18.6 Å². The van der Waals surface area contributed by atoms with Crippen LogP contribution in [0.3, 0.4) is 0 Å². The molecule has 0 fully saturated rings. The summed E-state index contributed by atoms with van der Waals surface area (Å²) in [5.74, 6) is 0. The minimum absolute atomic E-state index is 0.441. The Kier molecular flexibility index (Phi) is 5.85. The van der Waals surface area contributed by atoms with Crippen molar-refractivity contribution in [3.63, 3.8) is 0 Å². The maximum absolute atomic E-state index is 8.37. The number of hydrogen-bond donors (Lipinski definition) is 0. The van der Waals surface area contributed by atoms with Gasteiger partial charge in [0.05, 0.1) is 1.37 Å². The molecular weight excluding hydrogens is 564 g/mol. The monoisotopic (exact) mass is 593 g/mol. The van der Waals surface area contributed by atoms with Crippen LogP contribution in [0.1, 0.15) is 1.37 Å². The summed E-state index contributed by atoms with van der Waals surface area (Å²) in [7, 11) is 0. The van der Waals surface area contributed by atoms with Crippen LogP contribution in [0.5, 0.6) is 0 Å². The van der Waals surface area contributed by atoms with Gasteiger partial charge in [-0.2, -0.15) is 0 Å². The van der Waals surface area contributed by atoms with Crippen LogP contribution in [0.2, 0.25) is 0 Å². The Labute approximate surface area is 267 Å². The van der Waals surface area contributed by atoms with Gasteiger partial charge in [-0.15, -0.1) is 0 Å². The average molecular weight is 594 g/mol. The maximum Gasteiger partial charge on any atom is 0.137 e. The second-order valence-electron chi connectivity index (χ2n) is 11.3. The largest absolute Gasteiger partial charge is 0.456 e. The second-order valence-corrected chi connectivity index (χ2v) is 11.3. The molecule has 0 unspecified atom stereocenters. The first-order valence-electron chi connectivity index (χ1n) is 15.8. The Balaban J connectivity index is 1.18. The lowest BCUT2D eigenvalue weighted by Crippen LogP contribution is -2.09. The standard InChI is InChI=1S/C42H28N2O2/c1-4-12-29(13-5-1)43(30-14-6-2-7-15-30)32-22-25-40-38(26-32)37-24-21-34(28-42(37)46-40)44(31-16-8-3-9-17-31)33-20-23-36-35-18-10-11-19-39(35)45-41(36)27-33/h1-28H/i8D. The zero-order chi connectivity index (χ0) is 31.3. The van der Waals surface area contributed by atoms with Gasteiger partial charge in [-0.05, 0) is 84.9 Å². The summed E-state index contributed by atoms with van der Waals surface area (Å²) in [5, 5.41) is 4.25. The predicted octanol–water partition coefficient (Wildman–Crippen LogP) is 12.4. The fourth-order valence-electron chi connectivity index (χ4n) is 6.46. The Morgan fingerprint density at radius 3 is 1.43 bits per heavy atom. The van der Waals surface area contributed by atoms with Crippen molar-refractivity contribution in [1.29, 1.82) is 0 Å². The molecule has 0 aliphatic carbocycles. The highest BCUT2D eigenvalue weighted by atomic mass is 16.3. The van der Waals surface area contributed by atoms with Crippen LogP contribution >= 0.6 is 0 Å². The molecule has 4 heteroatoms. The molecule has 0 saturated heterocycles. The molecule has 2 heterocycles. The van der Waals surface area contributed by atoms with Gasteiger partial charge in [0.1, 0.15) is 22.3 Å². The van der Waals surface area contributed by atoms with Crippen molar-refractivity contribution in [2.24, 2.45) is 0 Å². The smallest absolute Gasteiger partial charge is 0.137 e. The molecule has 0 atom stereocenters. The summed E-state index contributed by atoms with van der Waals surface area (Å²) < 4.78 is 21.1. The predicted molar refractivity (Wildman–Crippen MR) is 190 cm³/mol. The van der Waals surface area contributed by atoms with Crippen LogP contribution in [-0.2, 0) is 0 Å². The molecular formula is C42H28N2O2. The van der Waals surface area contributed by atoms with Crippen LogP contribution in [0.25, 0.3) is 43.9 Å². The van der Waals surface area contributed by atoms with Crippen molar-refractivity contribution < 1.29 is 10.2 Å². The quantitative estimate of drug-likeness (QED) is 0.192. The fourth-order valence-corrected chi connectivity index (χ4v) is 6.46. The number of hydrogen-bond acceptors (Lipinski definition) is 4. The lowest BCUT2D eigenvalue weighted by atomic mass is 10.1. The molecule has 0 saturated carbocycles. The molecule has 0 bridgehead atoms. The van der Waals surface area contributed by atoms with E-state index in [4.69, 9.17) is 10.2 Å². The molecule has 0 spiro atoms. The van der Waals surface area contributed by atoms with Crippen LogP contribution in [0, 0.1) is 0 Å². The third-order valence-electron chi connectivity index (χ3n) is 8.55. The van der Waals surface area contributed by atoms with Crippen LogP contribution in [0.4, 0.5) is 34.1 Å². The van der Waals surface area contributed by atoms with E-state index in [1.54, 1.807) is 6.07 Å². The normalized spacial score (nSPS) is 11.8. The van der Waals surface area contributed by atoms with E-state index in [0.29, 0.717) is 6.04 Å². The van der Waals surface area contributed by atoms with Gasteiger partial charge in [0.2, 0.25) is 0 Å². The van der Waals surface area contributed by atoms with E-state index in [-0.39, 0.29) is 0 Å². The minimum atomic E-state index is 0.441. The lowest BCUT2D eigenvalue weighted by Gasteiger charge is -2.25. The van der Waals surface area contributed by atoms with Crippen LogP contribution < -0.4 is 9.80 Å². The number of fused-ring (bicyclic) bond motifs is 6. The van der Waals surface area contributed by atoms with E-state index in [2.05, 4.69) is 119 Å². The Morgan fingerprint density at radius 2 is 0.783 bits per heavy atom. The van der Waals surface area contributed by atoms with Crippen LogP contribution in [0.15, 0.2) is 179 Å². The van der Waals surface area contributed by atoms with Crippen molar-refractivity contribution in [2.75, 3.05) is 9.80 Å². The Hall–Kier alpha value is -6.26. The Morgan fingerprint density at radius 1 is 0.326 bits per heavy atom. The third kappa shape index (κ3) is 4.39. The zero-order valence-corrected chi connectivity index (χ0v) is 24.8. The van der Waals surface area contributed by atoms with E-state index < -0.39 is 0 Å². The number of benzene rings is 7. The average Bonchev–Trinajstić information content (AvgIpc) is 3.67. The SMILES string of the molecule is [2H]c1cccc(N(c2ccc3c(c2)oc2ccccc23)c2ccc3c(c2)oc2ccc(N(c4ccccc4)c4ccccc4)cc23)c1. The lowest BCUT2D eigenvalue weighted by molar-refractivity contribution is 0.669. The summed E-state index contributed by atoms with van der Waals surface area (Å²) in [6.07, 6.45) is 0. The van der Waals surface area contributed by atoms with Gasteiger partial charge in [-0.25, -0.2) is 0 Å². The van der Waals surface area contributed by atoms with Gasteiger partial charge in [-0.3, -0.25) is 0 Å². The number of anilines is 6. The molecule has 0 amide bonds. The number of rotatable bonds is 6. The first-order valence-corrected chi connectivity index (χ1v) is 15.3. The molecule has 0 radical (unpaired) electrons. The molecule has 4 nitrogen and oxygen atoms in total. The van der Waals surface area contributed by atoms with Gasteiger partial charge in [0.25, 0.3) is 0 Å². The number of nitrogens with zero attached hydrogens (tertiary/aromatic N) is 2. The molecule has 7 aromatic carbocycles. The summed E-state index contributed by atoms with van der Waals surface area (Å²) in [6, 6.07) is 56.0. The molecule has 0 N–H and O–H groups in total. The molecule has 9 rings (SSSR count). The third-order valence-corrected chi connectivity index (χ3v) is 8.55. The van der Waals surface area contributed by atoms with Crippen molar-refractivity contribution in [2.45, 2.75) is 0 Å². The molecule has 46 heavy (non-hydrogen) atoms. The number of furan rings is 2. The van der Waals surface area contributed by atoms with E-state index in [1.807, 2.05) is 48.5 Å². The van der Waals surface area contributed by atoms with Gasteiger partial charge >= 0.3 is 0 Å². The topological polar surface area (TPSA) is 32.8 Å². The molecule has 9 aromatic rings. The van der Waals surface area contributed by atoms with Gasteiger partial charge in [0, 0.05) is 67.8 Å². The van der Waals surface area contributed by atoms with Crippen molar-refractivity contribution in [3.8, 4) is 0 Å². The highest BCUT2D eigenvalue weighted by molar-refractivity contribution is 6.08. The van der Waals surface area contributed by atoms with Gasteiger partial charge in [0.15, 0.2) is 0 Å². The van der Waals surface area contributed by atoms with Crippen LogP contribution in [-0.4, -0.2) is 0 Å². The summed E-state index contributed by atoms with van der Waals surface area (Å²) in [5.41, 5.74) is 9.25. The first-order chi connectivity index (χ1) is 23.2. The molecule has 2 aromatic heterocycles. The zero-order valence-electron chi connectivity index (χ0n) is 25.8. The molecule has 0 aliphatic heterocycles. The van der Waals surface area contributed by atoms with E-state index in [1.165, 1.54) is 0 Å². The summed E-state index contributed by atoms with van der Waals surface area (Å²) in [6.45, 7) is 0. The van der Waals surface area contributed by atoms with E-state index >= 15 is 0 Å². The maximum atomic E-state index is 8.37. The van der Waals surface area contributed by atoms with Crippen molar-refractivity contribution in [3.05, 3.63) is 170 Å². The molecule has 218 valence electrons. The fraction of sp³-hybridized carbons (Fsp3) is 0. The summed E-state index contributed by atoms with van der Waals surface area (Å²) in [4.78, 5) is 4.41. The van der Waals surface area contributed by atoms with Gasteiger partial charge in [-0.1, -0.05) is 72.8 Å². The first kappa shape index (κ1) is 25.1. The van der Waals surface area contributed by atoms with E-state index in [0.717, 1.165) is 78.0 Å². The second kappa shape index (κ2) is 10.7. The number of para-hydroxylation sites is 4. The van der Waals surface area contributed by atoms with E-state index in [9.17, 15) is 0 Å².